The lowest BCUT2D eigenvalue weighted by atomic mass is 9.94. The molecule has 1 amide bonds. The Kier molecular flexibility index (Phi) is 5.90. The van der Waals surface area contributed by atoms with Crippen LogP contribution in [-0.2, 0) is 11.2 Å². The molecular weight excluding hydrogens is 300 g/mol. The molecule has 0 bridgehead atoms. The molecule has 0 saturated heterocycles. The van der Waals surface area contributed by atoms with E-state index in [1.165, 1.54) is 37.7 Å². The summed E-state index contributed by atoms with van der Waals surface area (Å²) in [5.74, 6) is 0.214. The fourth-order valence-electron chi connectivity index (χ4n) is 4.18. The van der Waals surface area contributed by atoms with E-state index in [0.29, 0.717) is 19.0 Å². The van der Waals surface area contributed by atoms with Gasteiger partial charge in [-0.1, -0.05) is 37.5 Å². The summed E-state index contributed by atoms with van der Waals surface area (Å²) in [7, 11) is 0. The highest BCUT2D eigenvalue weighted by molar-refractivity contribution is 5.95. The molecule has 1 N–H and O–H groups in total. The second kappa shape index (κ2) is 8.13. The van der Waals surface area contributed by atoms with Gasteiger partial charge < -0.3 is 10.0 Å². The van der Waals surface area contributed by atoms with Crippen LogP contribution in [0.4, 0.5) is 5.69 Å². The number of hydrogen-bond acceptors (Lipinski definition) is 3. The van der Waals surface area contributed by atoms with E-state index >= 15 is 0 Å². The van der Waals surface area contributed by atoms with Gasteiger partial charge in [0.2, 0.25) is 5.91 Å². The van der Waals surface area contributed by atoms with Gasteiger partial charge in [0.25, 0.3) is 0 Å². The summed E-state index contributed by atoms with van der Waals surface area (Å²) in [6, 6.07) is 8.75. The second-order valence-corrected chi connectivity index (χ2v) is 7.31. The van der Waals surface area contributed by atoms with Crippen LogP contribution in [0.2, 0.25) is 0 Å². The zero-order valence-electron chi connectivity index (χ0n) is 14.8. The monoisotopic (exact) mass is 330 g/mol. The first-order valence-electron chi connectivity index (χ1n) is 9.45. The summed E-state index contributed by atoms with van der Waals surface area (Å²) in [6.45, 7) is 4.08. The molecule has 0 spiro atoms. The first-order chi connectivity index (χ1) is 11.6. The number of rotatable bonds is 6. The Morgan fingerprint density at radius 1 is 1.29 bits per heavy atom. The second-order valence-electron chi connectivity index (χ2n) is 7.31. The number of carbonyl (C=O) groups is 1. The Morgan fingerprint density at radius 3 is 2.79 bits per heavy atom. The predicted molar refractivity (Wildman–Crippen MR) is 97.2 cm³/mol. The van der Waals surface area contributed by atoms with Crippen molar-refractivity contribution in [2.45, 2.75) is 64.0 Å². The van der Waals surface area contributed by atoms with Crippen LogP contribution in [0.1, 0.15) is 51.0 Å². The lowest BCUT2D eigenvalue weighted by Gasteiger charge is -2.35. The average Bonchev–Trinajstić information content (AvgIpc) is 3.03. The number of anilines is 1. The average molecular weight is 330 g/mol. The number of hydrogen-bond donors (Lipinski definition) is 1. The van der Waals surface area contributed by atoms with Crippen molar-refractivity contribution in [2.24, 2.45) is 0 Å². The Morgan fingerprint density at radius 2 is 2.04 bits per heavy atom. The fraction of sp³-hybridized carbons (Fsp3) is 0.650. The summed E-state index contributed by atoms with van der Waals surface area (Å²) in [6.07, 6.45) is 7.43. The Balaban J connectivity index is 1.58. The van der Waals surface area contributed by atoms with E-state index in [1.54, 1.807) is 0 Å². The van der Waals surface area contributed by atoms with E-state index in [2.05, 4.69) is 17.0 Å². The minimum absolute atomic E-state index is 0.214. The molecule has 0 aromatic heterocycles. The molecule has 4 heteroatoms. The van der Waals surface area contributed by atoms with Crippen molar-refractivity contribution in [3.63, 3.8) is 0 Å². The number of aliphatic hydroxyl groups is 1. The van der Waals surface area contributed by atoms with Gasteiger partial charge in [-0.2, -0.15) is 0 Å². The van der Waals surface area contributed by atoms with Crippen LogP contribution < -0.4 is 4.90 Å². The van der Waals surface area contributed by atoms with Gasteiger partial charge in [-0.25, -0.2) is 0 Å². The molecule has 132 valence electrons. The number of fused-ring (bicyclic) bond motifs is 1. The molecule has 2 aliphatic rings. The van der Waals surface area contributed by atoms with E-state index in [-0.39, 0.29) is 12.0 Å². The van der Waals surface area contributed by atoms with Crippen molar-refractivity contribution in [2.75, 3.05) is 24.5 Å². The zero-order chi connectivity index (χ0) is 16.9. The van der Waals surface area contributed by atoms with Crippen molar-refractivity contribution < 1.29 is 9.90 Å². The Hall–Kier alpha value is -1.39. The quantitative estimate of drug-likeness (QED) is 0.872. The molecule has 24 heavy (non-hydrogen) atoms. The van der Waals surface area contributed by atoms with E-state index in [1.807, 2.05) is 24.0 Å². The molecule has 1 aliphatic carbocycles. The molecule has 1 aromatic rings. The van der Waals surface area contributed by atoms with Crippen molar-refractivity contribution in [3.8, 4) is 0 Å². The molecule has 1 fully saturated rings. The van der Waals surface area contributed by atoms with E-state index < -0.39 is 0 Å². The highest BCUT2D eigenvalue weighted by Crippen LogP contribution is 2.28. The van der Waals surface area contributed by atoms with Crippen LogP contribution in [0.25, 0.3) is 0 Å². The molecule has 1 aliphatic heterocycles. The van der Waals surface area contributed by atoms with Crippen LogP contribution in [0.15, 0.2) is 24.3 Å². The summed E-state index contributed by atoms with van der Waals surface area (Å²) < 4.78 is 0. The normalized spacial score (nSPS) is 19.5. The maximum Gasteiger partial charge on any atom is 0.228 e. The third-order valence-corrected chi connectivity index (χ3v) is 5.39. The topological polar surface area (TPSA) is 43.8 Å². The number of amides is 1. The highest BCUT2D eigenvalue weighted by Gasteiger charge is 2.26. The van der Waals surface area contributed by atoms with Crippen molar-refractivity contribution in [3.05, 3.63) is 29.8 Å². The summed E-state index contributed by atoms with van der Waals surface area (Å²) in [5.41, 5.74) is 2.36. The lowest BCUT2D eigenvalue weighted by molar-refractivity contribution is -0.119. The van der Waals surface area contributed by atoms with Gasteiger partial charge in [0.15, 0.2) is 0 Å². The van der Waals surface area contributed by atoms with Crippen molar-refractivity contribution in [1.82, 2.24) is 4.90 Å². The Labute approximate surface area is 145 Å². The summed E-state index contributed by atoms with van der Waals surface area (Å²) in [4.78, 5) is 17.0. The first kappa shape index (κ1) is 17.4. The van der Waals surface area contributed by atoms with Gasteiger partial charge in [-0.15, -0.1) is 0 Å². The third kappa shape index (κ3) is 4.17. The van der Waals surface area contributed by atoms with Gasteiger partial charge >= 0.3 is 0 Å². The fourth-order valence-corrected chi connectivity index (χ4v) is 4.18. The predicted octanol–water partition coefficient (Wildman–Crippen LogP) is 2.98. The van der Waals surface area contributed by atoms with E-state index in [0.717, 1.165) is 25.2 Å². The lowest BCUT2D eigenvalue weighted by Crippen LogP contribution is -2.43. The number of aliphatic hydroxyl groups excluding tert-OH is 1. The maximum absolute atomic E-state index is 12.7. The van der Waals surface area contributed by atoms with Crippen LogP contribution in [0.3, 0.4) is 0 Å². The van der Waals surface area contributed by atoms with Crippen LogP contribution in [0.5, 0.6) is 0 Å². The van der Waals surface area contributed by atoms with E-state index in [4.69, 9.17) is 0 Å². The van der Waals surface area contributed by atoms with Crippen molar-refractivity contribution in [1.29, 1.82) is 0 Å². The van der Waals surface area contributed by atoms with Gasteiger partial charge in [-0.05, 0) is 37.8 Å². The molecule has 1 saturated carbocycles. The van der Waals surface area contributed by atoms with Gasteiger partial charge in [0.1, 0.15) is 0 Å². The number of benzene rings is 1. The van der Waals surface area contributed by atoms with Crippen LogP contribution in [-0.4, -0.2) is 47.7 Å². The minimum Gasteiger partial charge on any atom is -0.392 e. The van der Waals surface area contributed by atoms with Gasteiger partial charge in [0, 0.05) is 37.8 Å². The SMILES string of the molecule is CC(O)CN(CCC(=O)N1CCc2ccccc21)C1CCCCC1. The number of carbonyl (C=O) groups excluding carboxylic acids is 1. The molecule has 4 nitrogen and oxygen atoms in total. The van der Waals surface area contributed by atoms with Gasteiger partial charge in [0.05, 0.1) is 6.10 Å². The maximum atomic E-state index is 12.7. The Bertz CT molecular complexity index is 552. The van der Waals surface area contributed by atoms with Crippen LogP contribution >= 0.6 is 0 Å². The number of para-hydroxylation sites is 1. The molecule has 3 rings (SSSR count). The minimum atomic E-state index is -0.338. The molecule has 1 aromatic carbocycles. The van der Waals surface area contributed by atoms with E-state index in [9.17, 15) is 9.90 Å². The third-order valence-electron chi connectivity index (χ3n) is 5.39. The molecular formula is C20H30N2O2. The molecule has 0 radical (unpaired) electrons. The number of nitrogens with zero attached hydrogens (tertiary/aromatic N) is 2. The standard InChI is InChI=1S/C20H30N2O2/c1-16(23)15-21(18-8-3-2-4-9-18)13-12-20(24)22-14-11-17-7-5-6-10-19(17)22/h5-7,10,16,18,23H,2-4,8-9,11-15H2,1H3. The van der Waals surface area contributed by atoms with Crippen LogP contribution in [0, 0.1) is 0 Å². The molecule has 1 atom stereocenters. The van der Waals surface area contributed by atoms with Gasteiger partial charge in [-0.3, -0.25) is 9.69 Å². The summed E-state index contributed by atoms with van der Waals surface area (Å²) in [5, 5.41) is 9.82. The highest BCUT2D eigenvalue weighted by atomic mass is 16.3. The zero-order valence-corrected chi connectivity index (χ0v) is 14.8. The smallest absolute Gasteiger partial charge is 0.228 e. The van der Waals surface area contributed by atoms with Crippen molar-refractivity contribution >= 4 is 11.6 Å². The molecule has 1 heterocycles. The molecule has 1 unspecified atom stereocenters. The first-order valence-corrected chi connectivity index (χ1v) is 9.45. The largest absolute Gasteiger partial charge is 0.392 e. The summed E-state index contributed by atoms with van der Waals surface area (Å²) >= 11 is 0.